The molecule has 2 aliphatic heterocycles. The van der Waals surface area contributed by atoms with Gasteiger partial charge < -0.3 is 4.74 Å². The second-order valence-electron chi connectivity index (χ2n) is 12.3. The van der Waals surface area contributed by atoms with Crippen LogP contribution in [0, 0.1) is 48.9 Å². The number of rotatable bonds is 4. The molecule has 6 atom stereocenters. The van der Waals surface area contributed by atoms with E-state index < -0.39 is 64.6 Å². The first-order valence-electron chi connectivity index (χ1n) is 14.4. The van der Waals surface area contributed by atoms with Crippen molar-refractivity contribution < 1.29 is 28.7 Å². The van der Waals surface area contributed by atoms with Gasteiger partial charge in [-0.2, -0.15) is 0 Å². The van der Waals surface area contributed by atoms with Gasteiger partial charge in [-0.3, -0.25) is 29.0 Å². The van der Waals surface area contributed by atoms with Crippen molar-refractivity contribution in [2.75, 3.05) is 9.80 Å². The molecule has 4 amide bonds. The summed E-state index contributed by atoms with van der Waals surface area (Å²) in [5.74, 6) is -6.83. The van der Waals surface area contributed by atoms with Crippen molar-refractivity contribution in [1.82, 2.24) is 0 Å². The first kappa shape index (κ1) is 27.0. The molecule has 3 aromatic rings. The Balaban J connectivity index is 1.40. The topological polar surface area (TPSA) is 101 Å². The Bertz CT molecular complexity index is 1670. The molecule has 2 bridgehead atoms. The van der Waals surface area contributed by atoms with Crippen LogP contribution in [0.5, 0.6) is 5.75 Å². The minimum atomic E-state index is -1.47. The summed E-state index contributed by atoms with van der Waals surface area (Å²) in [5, 5.41) is 0. The van der Waals surface area contributed by atoms with E-state index in [-0.39, 0.29) is 5.57 Å². The lowest BCUT2D eigenvalue weighted by molar-refractivity contribution is -0.152. The van der Waals surface area contributed by atoms with E-state index >= 15 is 0 Å². The van der Waals surface area contributed by atoms with Crippen molar-refractivity contribution >= 4 is 41.0 Å². The fraction of sp³-hybridized carbons (Fsp3) is 0.286. The lowest BCUT2D eigenvalue weighted by atomic mass is 9.43. The van der Waals surface area contributed by atoms with Crippen molar-refractivity contribution in [1.29, 1.82) is 0 Å². The fourth-order valence-corrected chi connectivity index (χ4v) is 8.15. The molecule has 8 rings (SSSR count). The predicted molar refractivity (Wildman–Crippen MR) is 158 cm³/mol. The molecule has 216 valence electrons. The predicted octanol–water partition coefficient (Wildman–Crippen LogP) is 4.79. The second kappa shape index (κ2) is 9.33. The van der Waals surface area contributed by atoms with Crippen LogP contribution >= 0.6 is 0 Å². The standard InChI is InChI=1S/C35H30N2O6/c1-18-10-14-21(15-11-18)36-30(38)25-24-20(3)27(34(42)43-23-8-6-5-7-9-23)35(4,28(25)32(36)40)29-26(24)31(39)37(33(29)41)22-16-12-19(2)13-17-22/h5-17,24-26,28-29H,1-4H3/t24?,25-,26-,28-,29?,35?/m1/s1. The molecule has 0 radical (unpaired) electrons. The Hall–Kier alpha value is -4.85. The molecule has 43 heavy (non-hydrogen) atoms. The molecule has 3 unspecified atom stereocenters. The number of allylic oxidation sites excluding steroid dienone is 1. The van der Waals surface area contributed by atoms with E-state index in [1.165, 1.54) is 9.80 Å². The van der Waals surface area contributed by atoms with Gasteiger partial charge in [0.05, 0.1) is 35.0 Å². The highest BCUT2D eigenvalue weighted by atomic mass is 16.5. The van der Waals surface area contributed by atoms with Crippen LogP contribution in [-0.2, 0) is 24.0 Å². The molecule has 3 aromatic carbocycles. The van der Waals surface area contributed by atoms with E-state index in [0.29, 0.717) is 22.7 Å². The summed E-state index contributed by atoms with van der Waals surface area (Å²) >= 11 is 0. The molecule has 0 spiro atoms. The summed E-state index contributed by atoms with van der Waals surface area (Å²) in [6.07, 6.45) is 0. The number of nitrogens with zero attached hydrogens (tertiary/aromatic N) is 2. The van der Waals surface area contributed by atoms with Crippen LogP contribution in [0.4, 0.5) is 11.4 Å². The molecule has 8 nitrogen and oxygen atoms in total. The van der Waals surface area contributed by atoms with Gasteiger partial charge in [0.1, 0.15) is 5.75 Å². The number of ether oxygens (including phenoxy) is 1. The van der Waals surface area contributed by atoms with Gasteiger partial charge in [0.15, 0.2) is 0 Å². The van der Waals surface area contributed by atoms with Crippen LogP contribution in [0.1, 0.15) is 25.0 Å². The van der Waals surface area contributed by atoms with Gasteiger partial charge in [0.25, 0.3) is 0 Å². The summed E-state index contributed by atoms with van der Waals surface area (Å²) in [7, 11) is 0. The fourth-order valence-electron chi connectivity index (χ4n) is 8.15. The van der Waals surface area contributed by atoms with E-state index in [0.717, 1.165) is 11.1 Å². The van der Waals surface area contributed by atoms with Gasteiger partial charge in [0, 0.05) is 16.9 Å². The van der Waals surface area contributed by atoms with Crippen molar-refractivity contribution in [2.24, 2.45) is 35.0 Å². The molecule has 2 saturated heterocycles. The molecule has 1 saturated carbocycles. The molecule has 3 aliphatic carbocycles. The molecular weight excluding hydrogens is 544 g/mol. The summed E-state index contributed by atoms with van der Waals surface area (Å²) in [4.78, 5) is 73.5. The third kappa shape index (κ3) is 3.59. The van der Waals surface area contributed by atoms with Crippen LogP contribution in [0.15, 0.2) is 90.0 Å². The maximum atomic E-state index is 14.4. The van der Waals surface area contributed by atoms with E-state index in [9.17, 15) is 24.0 Å². The number of carbonyl (C=O) groups is 5. The van der Waals surface area contributed by atoms with E-state index in [1.807, 2.05) is 38.1 Å². The zero-order valence-corrected chi connectivity index (χ0v) is 24.2. The molecule has 5 aliphatic rings. The quantitative estimate of drug-likeness (QED) is 0.252. The summed E-state index contributed by atoms with van der Waals surface area (Å²) in [6.45, 7) is 7.25. The molecule has 3 fully saturated rings. The van der Waals surface area contributed by atoms with Crippen molar-refractivity contribution in [2.45, 2.75) is 27.7 Å². The molecule has 2 heterocycles. The number of aryl methyl sites for hydroxylation is 2. The normalized spacial score (nSPS) is 29.3. The van der Waals surface area contributed by atoms with Gasteiger partial charge in [-0.1, -0.05) is 66.1 Å². The lowest BCUT2D eigenvalue weighted by Gasteiger charge is -2.55. The number of anilines is 2. The van der Waals surface area contributed by atoms with Crippen LogP contribution in [0.25, 0.3) is 0 Å². The monoisotopic (exact) mass is 574 g/mol. The molecule has 0 aromatic heterocycles. The van der Waals surface area contributed by atoms with E-state index in [4.69, 9.17) is 4.74 Å². The van der Waals surface area contributed by atoms with Gasteiger partial charge in [-0.25, -0.2) is 4.79 Å². The van der Waals surface area contributed by atoms with Gasteiger partial charge in [-0.05, 0) is 57.2 Å². The van der Waals surface area contributed by atoms with E-state index in [1.54, 1.807) is 68.4 Å². The van der Waals surface area contributed by atoms with Gasteiger partial charge >= 0.3 is 5.97 Å². The minimum absolute atomic E-state index is 0.197. The third-order valence-corrected chi connectivity index (χ3v) is 9.94. The first-order valence-corrected chi connectivity index (χ1v) is 14.4. The SMILES string of the molecule is CC1=C(C(=O)Oc2ccccc2)C2(C)C3C(=O)N(c4ccc(C)cc4)C(=O)[C@@H]3C1[C@H]1C(=O)N(c3ccc(C)cc3)C(=O)[C@@H]12. The Kier molecular flexibility index (Phi) is 5.86. The highest BCUT2D eigenvalue weighted by molar-refractivity contribution is 6.27. The number of carbonyl (C=O) groups excluding carboxylic acids is 5. The Labute approximate surface area is 248 Å². The maximum absolute atomic E-state index is 14.4. The summed E-state index contributed by atoms with van der Waals surface area (Å²) in [5.41, 5.74) is 2.03. The summed E-state index contributed by atoms with van der Waals surface area (Å²) in [6, 6.07) is 22.7. The lowest BCUT2D eigenvalue weighted by Crippen LogP contribution is -2.61. The van der Waals surface area contributed by atoms with Gasteiger partial charge in [0.2, 0.25) is 23.6 Å². The number of esters is 1. The maximum Gasteiger partial charge on any atom is 0.339 e. The Morgan fingerprint density at radius 1 is 0.628 bits per heavy atom. The minimum Gasteiger partial charge on any atom is -0.423 e. The number of amides is 4. The largest absolute Gasteiger partial charge is 0.423 e. The Morgan fingerprint density at radius 2 is 1.07 bits per heavy atom. The smallest absolute Gasteiger partial charge is 0.339 e. The highest BCUT2D eigenvalue weighted by Crippen LogP contribution is 2.68. The van der Waals surface area contributed by atoms with Crippen molar-refractivity contribution in [3.05, 3.63) is 101 Å². The molecular formula is C35H30N2O6. The second-order valence-corrected chi connectivity index (χ2v) is 12.3. The van der Waals surface area contributed by atoms with Crippen molar-refractivity contribution in [3.63, 3.8) is 0 Å². The Morgan fingerprint density at radius 3 is 1.51 bits per heavy atom. The number of para-hydroxylation sites is 1. The average Bonchev–Trinajstić information content (AvgIpc) is 3.41. The van der Waals surface area contributed by atoms with Crippen LogP contribution in [0.3, 0.4) is 0 Å². The first-order chi connectivity index (χ1) is 20.6. The number of hydrogen-bond donors (Lipinski definition) is 0. The molecule has 0 N–H and O–H groups in total. The average molecular weight is 575 g/mol. The number of imide groups is 2. The summed E-state index contributed by atoms with van der Waals surface area (Å²) < 4.78 is 5.80. The molecule has 8 heteroatoms. The van der Waals surface area contributed by atoms with E-state index in [2.05, 4.69) is 0 Å². The van der Waals surface area contributed by atoms with Crippen LogP contribution in [-0.4, -0.2) is 29.6 Å². The zero-order chi connectivity index (χ0) is 30.4. The zero-order valence-electron chi connectivity index (χ0n) is 24.2. The van der Waals surface area contributed by atoms with Crippen LogP contribution in [0.2, 0.25) is 0 Å². The highest BCUT2D eigenvalue weighted by Gasteiger charge is 2.77. The van der Waals surface area contributed by atoms with Crippen LogP contribution < -0.4 is 14.5 Å². The van der Waals surface area contributed by atoms with Gasteiger partial charge in [-0.15, -0.1) is 0 Å². The number of hydrogen-bond acceptors (Lipinski definition) is 6. The third-order valence-electron chi connectivity index (χ3n) is 9.94. The number of benzene rings is 3. The van der Waals surface area contributed by atoms with Crippen molar-refractivity contribution in [3.8, 4) is 5.75 Å².